The molecule has 5 heteroatoms. The van der Waals surface area contributed by atoms with Crippen molar-refractivity contribution in [2.75, 3.05) is 26.0 Å². The Morgan fingerprint density at radius 3 is 2.47 bits per heavy atom. The van der Waals surface area contributed by atoms with E-state index < -0.39 is 10.0 Å². The fraction of sp³-hybridized carbons (Fsp3) is 1.00. The number of nitrogens with zero attached hydrogens (tertiary/aromatic N) is 1. The van der Waals surface area contributed by atoms with Crippen LogP contribution in [0.15, 0.2) is 0 Å². The van der Waals surface area contributed by atoms with E-state index in [0.29, 0.717) is 18.9 Å². The van der Waals surface area contributed by atoms with Gasteiger partial charge in [-0.1, -0.05) is 12.8 Å². The third kappa shape index (κ3) is 4.09. The Kier molecular flexibility index (Phi) is 5.02. The maximum Gasteiger partial charge on any atom is 0.213 e. The maximum atomic E-state index is 11.7. The number of hydrogen-bond acceptors (Lipinski definition) is 3. The van der Waals surface area contributed by atoms with E-state index in [4.69, 9.17) is 5.11 Å². The summed E-state index contributed by atoms with van der Waals surface area (Å²) in [6.45, 7) is 0.588. The lowest BCUT2D eigenvalue weighted by Gasteiger charge is -2.20. The molecule has 15 heavy (non-hydrogen) atoms. The van der Waals surface area contributed by atoms with Gasteiger partial charge >= 0.3 is 0 Å². The number of sulfonamides is 1. The van der Waals surface area contributed by atoms with Crippen LogP contribution < -0.4 is 0 Å². The van der Waals surface area contributed by atoms with E-state index >= 15 is 0 Å². The SMILES string of the molecule is CN(CC1CCCC1)S(=O)(=O)CCCO. The molecule has 0 atom stereocenters. The van der Waals surface area contributed by atoms with E-state index in [1.54, 1.807) is 7.05 Å². The van der Waals surface area contributed by atoms with Gasteiger partial charge in [0.05, 0.1) is 5.75 Å². The van der Waals surface area contributed by atoms with E-state index in [2.05, 4.69) is 0 Å². The van der Waals surface area contributed by atoms with Crippen LogP contribution in [0.25, 0.3) is 0 Å². The molecule has 90 valence electrons. The zero-order valence-corrected chi connectivity index (χ0v) is 10.2. The third-order valence-corrected chi connectivity index (χ3v) is 4.93. The summed E-state index contributed by atoms with van der Waals surface area (Å²) in [7, 11) is -1.49. The minimum absolute atomic E-state index is 0.0590. The van der Waals surface area contributed by atoms with E-state index in [0.717, 1.165) is 12.8 Å². The molecule has 0 aromatic heterocycles. The number of aliphatic hydroxyl groups is 1. The smallest absolute Gasteiger partial charge is 0.213 e. The van der Waals surface area contributed by atoms with Crippen LogP contribution in [0.5, 0.6) is 0 Å². The molecule has 0 heterocycles. The molecule has 4 nitrogen and oxygen atoms in total. The first-order valence-corrected chi connectivity index (χ1v) is 7.22. The average Bonchev–Trinajstić information content (AvgIpc) is 2.67. The Morgan fingerprint density at radius 1 is 1.33 bits per heavy atom. The summed E-state index contributed by atoms with van der Waals surface area (Å²) in [5, 5.41) is 8.61. The van der Waals surface area contributed by atoms with Crippen molar-refractivity contribution in [3.05, 3.63) is 0 Å². The minimum atomic E-state index is -3.14. The molecule has 0 aromatic rings. The molecule has 1 aliphatic carbocycles. The van der Waals surface area contributed by atoms with Gasteiger partial charge in [0.1, 0.15) is 0 Å². The normalized spacial score (nSPS) is 18.9. The van der Waals surface area contributed by atoms with Crippen molar-refractivity contribution in [3.63, 3.8) is 0 Å². The monoisotopic (exact) mass is 235 g/mol. The van der Waals surface area contributed by atoms with Gasteiger partial charge in [-0.05, 0) is 25.2 Å². The molecule has 0 unspecified atom stereocenters. The molecule has 0 amide bonds. The zero-order valence-electron chi connectivity index (χ0n) is 9.35. The van der Waals surface area contributed by atoms with Gasteiger partial charge in [0.2, 0.25) is 10.0 Å². The molecule has 0 radical (unpaired) electrons. The molecule has 0 aliphatic heterocycles. The Morgan fingerprint density at radius 2 is 1.93 bits per heavy atom. The molecule has 0 aromatic carbocycles. The lowest BCUT2D eigenvalue weighted by atomic mass is 10.1. The summed E-state index contributed by atoms with van der Waals surface area (Å²) in [6.07, 6.45) is 5.10. The summed E-state index contributed by atoms with van der Waals surface area (Å²) in [5.74, 6) is 0.603. The predicted octanol–water partition coefficient (Wildman–Crippen LogP) is 0.821. The molecule has 0 spiro atoms. The lowest BCUT2D eigenvalue weighted by Crippen LogP contribution is -2.33. The van der Waals surface area contributed by atoms with Crippen molar-refractivity contribution in [2.24, 2.45) is 5.92 Å². The minimum Gasteiger partial charge on any atom is -0.396 e. The van der Waals surface area contributed by atoms with Crippen molar-refractivity contribution in [3.8, 4) is 0 Å². The highest BCUT2D eigenvalue weighted by Crippen LogP contribution is 2.25. The highest BCUT2D eigenvalue weighted by molar-refractivity contribution is 7.89. The van der Waals surface area contributed by atoms with Gasteiger partial charge < -0.3 is 5.11 Å². The molecule has 1 aliphatic rings. The Balaban J connectivity index is 2.40. The van der Waals surface area contributed by atoms with E-state index in [1.807, 2.05) is 0 Å². The molecule has 1 rings (SSSR count). The van der Waals surface area contributed by atoms with Crippen LogP contribution >= 0.6 is 0 Å². The zero-order chi connectivity index (χ0) is 11.3. The lowest BCUT2D eigenvalue weighted by molar-refractivity contribution is 0.293. The molecular weight excluding hydrogens is 214 g/mol. The van der Waals surface area contributed by atoms with Crippen molar-refractivity contribution < 1.29 is 13.5 Å². The van der Waals surface area contributed by atoms with Crippen molar-refractivity contribution in [2.45, 2.75) is 32.1 Å². The summed E-state index contributed by atoms with van der Waals surface area (Å²) in [4.78, 5) is 0. The second-order valence-electron chi connectivity index (χ2n) is 4.32. The molecule has 0 bridgehead atoms. The van der Waals surface area contributed by atoms with Crippen LogP contribution in [0.3, 0.4) is 0 Å². The first-order chi connectivity index (χ1) is 7.06. The van der Waals surface area contributed by atoms with Crippen LogP contribution in [-0.4, -0.2) is 43.8 Å². The number of aliphatic hydroxyl groups excluding tert-OH is 1. The number of rotatable bonds is 6. The first kappa shape index (κ1) is 12.9. The fourth-order valence-electron chi connectivity index (χ4n) is 2.07. The predicted molar refractivity (Wildman–Crippen MR) is 60.1 cm³/mol. The van der Waals surface area contributed by atoms with Gasteiger partial charge in [-0.15, -0.1) is 0 Å². The molecule has 1 N–H and O–H groups in total. The quantitative estimate of drug-likeness (QED) is 0.741. The second-order valence-corrected chi connectivity index (χ2v) is 6.52. The van der Waals surface area contributed by atoms with Crippen molar-refractivity contribution >= 4 is 10.0 Å². The van der Waals surface area contributed by atoms with Crippen LogP contribution in [0.1, 0.15) is 32.1 Å². The standard InChI is InChI=1S/C10H21NO3S/c1-11(9-10-5-2-3-6-10)15(13,14)8-4-7-12/h10,12H,2-9H2,1H3. The van der Waals surface area contributed by atoms with Gasteiger partial charge in [-0.25, -0.2) is 12.7 Å². The maximum absolute atomic E-state index is 11.7. The first-order valence-electron chi connectivity index (χ1n) is 5.61. The van der Waals surface area contributed by atoms with E-state index in [-0.39, 0.29) is 12.4 Å². The van der Waals surface area contributed by atoms with Crippen molar-refractivity contribution in [1.29, 1.82) is 0 Å². The van der Waals surface area contributed by atoms with Gasteiger partial charge in [0.25, 0.3) is 0 Å². The Labute approximate surface area is 92.3 Å². The Hall–Kier alpha value is -0.130. The highest BCUT2D eigenvalue weighted by Gasteiger charge is 2.23. The highest BCUT2D eigenvalue weighted by atomic mass is 32.2. The third-order valence-electron chi connectivity index (χ3n) is 3.03. The molecule has 0 saturated heterocycles. The Bertz CT molecular complexity index is 270. The molecule has 1 saturated carbocycles. The summed E-state index contributed by atoms with van der Waals surface area (Å²) < 4.78 is 24.8. The average molecular weight is 235 g/mol. The topological polar surface area (TPSA) is 57.6 Å². The van der Waals surface area contributed by atoms with Crippen LogP contribution in [0.4, 0.5) is 0 Å². The van der Waals surface area contributed by atoms with Crippen LogP contribution in [-0.2, 0) is 10.0 Å². The van der Waals surface area contributed by atoms with Gasteiger partial charge in [0.15, 0.2) is 0 Å². The largest absolute Gasteiger partial charge is 0.396 e. The van der Waals surface area contributed by atoms with E-state index in [1.165, 1.54) is 17.1 Å². The molecular formula is C10H21NO3S. The van der Waals surface area contributed by atoms with Crippen molar-refractivity contribution in [1.82, 2.24) is 4.31 Å². The summed E-state index contributed by atoms with van der Waals surface area (Å²) in [5.41, 5.74) is 0. The summed E-state index contributed by atoms with van der Waals surface area (Å²) >= 11 is 0. The van der Waals surface area contributed by atoms with E-state index in [9.17, 15) is 8.42 Å². The molecule has 1 fully saturated rings. The summed E-state index contributed by atoms with van der Waals surface area (Å²) in [6, 6.07) is 0. The van der Waals surface area contributed by atoms with Gasteiger partial charge in [-0.2, -0.15) is 0 Å². The van der Waals surface area contributed by atoms with Gasteiger partial charge in [-0.3, -0.25) is 0 Å². The fourth-order valence-corrected chi connectivity index (χ4v) is 3.32. The number of hydrogen-bond donors (Lipinski definition) is 1. The van der Waals surface area contributed by atoms with Crippen LogP contribution in [0, 0.1) is 5.92 Å². The second kappa shape index (κ2) is 5.82. The van der Waals surface area contributed by atoms with Crippen LogP contribution in [0.2, 0.25) is 0 Å². The van der Waals surface area contributed by atoms with Gasteiger partial charge in [0, 0.05) is 20.2 Å².